The summed E-state index contributed by atoms with van der Waals surface area (Å²) < 4.78 is 18.3. The Hall–Kier alpha value is -0.110. The van der Waals surface area contributed by atoms with Gasteiger partial charge in [0.15, 0.2) is 0 Å². The maximum Gasteiger partial charge on any atom is 0.103 e. The monoisotopic (exact) mass is 160 g/mol. The molecular formula is C9H17FO. The summed E-state index contributed by atoms with van der Waals surface area (Å²) in [6, 6.07) is 0. The Balaban J connectivity index is 2.37. The van der Waals surface area contributed by atoms with Crippen molar-refractivity contribution in [1.82, 2.24) is 0 Å². The lowest BCUT2D eigenvalue weighted by molar-refractivity contribution is 0.0165. The Morgan fingerprint density at radius 2 is 2.18 bits per heavy atom. The van der Waals surface area contributed by atoms with Crippen molar-refractivity contribution in [3.8, 4) is 0 Å². The zero-order valence-electron chi connectivity index (χ0n) is 7.35. The molecule has 1 rings (SSSR count). The summed E-state index contributed by atoms with van der Waals surface area (Å²) >= 11 is 0. The van der Waals surface area contributed by atoms with Gasteiger partial charge in [-0.15, -0.1) is 0 Å². The largest absolute Gasteiger partial charge is 0.381 e. The van der Waals surface area contributed by atoms with E-state index in [2.05, 4.69) is 6.92 Å². The number of methoxy groups -OCH3 is 1. The molecule has 1 aliphatic rings. The predicted octanol–water partition coefficient (Wildman–Crippen LogP) is 2.55. The maximum atomic E-state index is 13.1. The number of hydrogen-bond acceptors (Lipinski definition) is 1. The van der Waals surface area contributed by atoms with E-state index in [9.17, 15) is 4.39 Å². The topological polar surface area (TPSA) is 9.23 Å². The van der Waals surface area contributed by atoms with Gasteiger partial charge in [-0.05, 0) is 25.2 Å². The van der Waals surface area contributed by atoms with Gasteiger partial charge in [0.25, 0.3) is 0 Å². The van der Waals surface area contributed by atoms with Crippen LogP contribution in [0.15, 0.2) is 0 Å². The molecule has 0 heterocycles. The van der Waals surface area contributed by atoms with Gasteiger partial charge in [0.2, 0.25) is 0 Å². The van der Waals surface area contributed by atoms with Crippen molar-refractivity contribution in [3.63, 3.8) is 0 Å². The van der Waals surface area contributed by atoms with Gasteiger partial charge < -0.3 is 4.74 Å². The first-order chi connectivity index (χ1) is 5.27. The average Bonchev–Trinajstić information content (AvgIpc) is 2.05. The molecule has 0 saturated heterocycles. The molecule has 0 bridgehead atoms. The van der Waals surface area contributed by atoms with Gasteiger partial charge in [0.05, 0.1) is 6.10 Å². The molecule has 0 spiro atoms. The normalized spacial score (nSPS) is 39.0. The van der Waals surface area contributed by atoms with Crippen LogP contribution in [-0.4, -0.2) is 19.4 Å². The minimum absolute atomic E-state index is 0.244. The van der Waals surface area contributed by atoms with Crippen molar-refractivity contribution in [3.05, 3.63) is 0 Å². The van der Waals surface area contributed by atoms with Gasteiger partial charge in [0, 0.05) is 7.11 Å². The molecule has 0 aromatic rings. The van der Waals surface area contributed by atoms with Crippen LogP contribution in [0.2, 0.25) is 0 Å². The van der Waals surface area contributed by atoms with Crippen molar-refractivity contribution in [2.75, 3.05) is 7.11 Å². The van der Waals surface area contributed by atoms with Crippen molar-refractivity contribution < 1.29 is 9.13 Å². The number of halogens is 1. The zero-order valence-corrected chi connectivity index (χ0v) is 7.35. The van der Waals surface area contributed by atoms with Crippen LogP contribution in [0.25, 0.3) is 0 Å². The van der Waals surface area contributed by atoms with Gasteiger partial charge in [-0.25, -0.2) is 4.39 Å². The molecule has 0 aromatic heterocycles. The SMILES string of the molecule is CC[C@H]1C[C@H](OC)CC[C@@H]1F. The van der Waals surface area contributed by atoms with E-state index in [0.29, 0.717) is 12.5 Å². The summed E-state index contributed by atoms with van der Waals surface area (Å²) in [7, 11) is 1.72. The van der Waals surface area contributed by atoms with Crippen LogP contribution in [0.3, 0.4) is 0 Å². The van der Waals surface area contributed by atoms with Crippen LogP contribution in [0.4, 0.5) is 4.39 Å². The van der Waals surface area contributed by atoms with E-state index in [1.165, 1.54) is 0 Å². The number of ether oxygens (including phenoxy) is 1. The standard InChI is InChI=1S/C9H17FO/c1-3-7-6-8(11-2)4-5-9(7)10/h7-9H,3-6H2,1-2H3/t7-,8+,9-/m0/s1. The van der Waals surface area contributed by atoms with Crippen molar-refractivity contribution in [1.29, 1.82) is 0 Å². The second-order valence-corrected chi connectivity index (χ2v) is 3.36. The van der Waals surface area contributed by atoms with E-state index in [4.69, 9.17) is 4.74 Å². The summed E-state index contributed by atoms with van der Waals surface area (Å²) in [5.41, 5.74) is 0. The molecule has 0 aromatic carbocycles. The molecule has 0 radical (unpaired) electrons. The van der Waals surface area contributed by atoms with E-state index >= 15 is 0 Å². The Morgan fingerprint density at radius 1 is 1.45 bits per heavy atom. The smallest absolute Gasteiger partial charge is 0.103 e. The molecule has 2 heteroatoms. The van der Waals surface area contributed by atoms with Gasteiger partial charge in [-0.1, -0.05) is 13.3 Å². The van der Waals surface area contributed by atoms with Crippen LogP contribution in [0.5, 0.6) is 0 Å². The summed E-state index contributed by atoms with van der Waals surface area (Å²) in [6.07, 6.45) is 3.18. The van der Waals surface area contributed by atoms with Gasteiger partial charge >= 0.3 is 0 Å². The third kappa shape index (κ3) is 2.16. The second-order valence-electron chi connectivity index (χ2n) is 3.36. The first kappa shape index (κ1) is 8.98. The van der Waals surface area contributed by atoms with Gasteiger partial charge in [0.1, 0.15) is 6.17 Å². The number of rotatable bonds is 2. The summed E-state index contributed by atoms with van der Waals surface area (Å²) in [5, 5.41) is 0. The fourth-order valence-electron chi connectivity index (χ4n) is 1.82. The molecule has 1 aliphatic carbocycles. The summed E-state index contributed by atoms with van der Waals surface area (Å²) in [6.45, 7) is 2.05. The highest BCUT2D eigenvalue weighted by Crippen LogP contribution is 2.30. The van der Waals surface area contributed by atoms with Crippen LogP contribution in [0.1, 0.15) is 32.6 Å². The second kappa shape index (κ2) is 4.05. The minimum atomic E-state index is -0.577. The van der Waals surface area contributed by atoms with Crippen molar-refractivity contribution in [2.45, 2.75) is 44.9 Å². The van der Waals surface area contributed by atoms with E-state index in [1.807, 2.05) is 0 Å². The van der Waals surface area contributed by atoms with Crippen LogP contribution in [0, 0.1) is 5.92 Å². The lowest BCUT2D eigenvalue weighted by Gasteiger charge is -2.30. The van der Waals surface area contributed by atoms with E-state index in [-0.39, 0.29) is 5.92 Å². The molecule has 3 atom stereocenters. The molecule has 0 N–H and O–H groups in total. The predicted molar refractivity (Wildman–Crippen MR) is 43.3 cm³/mol. The number of hydrogen-bond donors (Lipinski definition) is 0. The Bertz CT molecular complexity index is 116. The zero-order chi connectivity index (χ0) is 8.27. The highest BCUT2D eigenvalue weighted by atomic mass is 19.1. The third-order valence-corrected chi connectivity index (χ3v) is 2.70. The van der Waals surface area contributed by atoms with Crippen LogP contribution in [-0.2, 0) is 4.74 Å². The molecule has 66 valence electrons. The highest BCUT2D eigenvalue weighted by Gasteiger charge is 2.28. The lowest BCUT2D eigenvalue weighted by atomic mass is 9.84. The summed E-state index contributed by atoms with van der Waals surface area (Å²) in [4.78, 5) is 0. The van der Waals surface area contributed by atoms with E-state index in [0.717, 1.165) is 19.3 Å². The molecule has 0 aliphatic heterocycles. The molecular weight excluding hydrogens is 143 g/mol. The minimum Gasteiger partial charge on any atom is -0.381 e. The molecule has 1 nitrogen and oxygen atoms in total. The molecule has 1 fully saturated rings. The quantitative estimate of drug-likeness (QED) is 0.603. The molecule has 11 heavy (non-hydrogen) atoms. The third-order valence-electron chi connectivity index (χ3n) is 2.70. The van der Waals surface area contributed by atoms with Crippen molar-refractivity contribution >= 4 is 0 Å². The Labute approximate surface area is 67.9 Å². The summed E-state index contributed by atoms with van der Waals surface area (Å²) in [5.74, 6) is 0.244. The van der Waals surface area contributed by atoms with Crippen LogP contribution < -0.4 is 0 Å². The first-order valence-electron chi connectivity index (χ1n) is 4.44. The van der Waals surface area contributed by atoms with Crippen LogP contribution >= 0.6 is 0 Å². The molecule has 0 amide bonds. The first-order valence-corrected chi connectivity index (χ1v) is 4.44. The Morgan fingerprint density at radius 3 is 2.73 bits per heavy atom. The fraction of sp³-hybridized carbons (Fsp3) is 1.00. The fourth-order valence-corrected chi connectivity index (χ4v) is 1.82. The molecule has 0 unspecified atom stereocenters. The number of alkyl halides is 1. The van der Waals surface area contributed by atoms with Gasteiger partial charge in [-0.3, -0.25) is 0 Å². The maximum absolute atomic E-state index is 13.1. The van der Waals surface area contributed by atoms with Gasteiger partial charge in [-0.2, -0.15) is 0 Å². The highest BCUT2D eigenvalue weighted by molar-refractivity contribution is 4.79. The average molecular weight is 160 g/mol. The van der Waals surface area contributed by atoms with E-state index in [1.54, 1.807) is 7.11 Å². The van der Waals surface area contributed by atoms with E-state index < -0.39 is 6.17 Å². The van der Waals surface area contributed by atoms with Crippen molar-refractivity contribution in [2.24, 2.45) is 5.92 Å². The lowest BCUT2D eigenvalue weighted by Crippen LogP contribution is -2.29. The Kier molecular flexibility index (Phi) is 3.31. The molecule has 1 saturated carbocycles.